The first-order valence-electron chi connectivity index (χ1n) is 7.67. The molecule has 2 aromatic rings. The quantitative estimate of drug-likeness (QED) is 0.815. The minimum Gasteiger partial charge on any atom is -0.468 e. The highest BCUT2D eigenvalue weighted by atomic mass is 16.3. The molecule has 1 heterocycles. The standard InChI is InChI=1S/C18H24N2O2/c1-20(2)16(17-11-7-13-22-17)14-19-18(21)12-6-10-15-8-4-3-5-9-15/h3-5,7-9,11,13,16H,6,10,12,14H2,1-2H3,(H,19,21)/t16-/m0/s1. The van der Waals surface area contributed by atoms with Crippen molar-refractivity contribution < 1.29 is 9.21 Å². The monoisotopic (exact) mass is 300 g/mol. The van der Waals surface area contributed by atoms with Crippen molar-refractivity contribution in [2.24, 2.45) is 0 Å². The molecule has 1 aromatic carbocycles. The lowest BCUT2D eigenvalue weighted by molar-refractivity contribution is -0.121. The zero-order valence-corrected chi connectivity index (χ0v) is 13.3. The van der Waals surface area contributed by atoms with Crippen LogP contribution in [0.3, 0.4) is 0 Å². The number of nitrogens with one attached hydrogen (secondary N) is 1. The SMILES string of the molecule is CN(C)[C@@H](CNC(=O)CCCc1ccccc1)c1ccco1. The average Bonchev–Trinajstić information content (AvgIpc) is 3.02. The second kappa shape index (κ2) is 8.39. The van der Waals surface area contributed by atoms with E-state index < -0.39 is 0 Å². The Kier molecular flexibility index (Phi) is 6.22. The number of benzene rings is 1. The van der Waals surface area contributed by atoms with Gasteiger partial charge in [0.15, 0.2) is 0 Å². The summed E-state index contributed by atoms with van der Waals surface area (Å²) in [6.07, 6.45) is 4.01. The predicted octanol–water partition coefficient (Wildman–Crippen LogP) is 3.02. The van der Waals surface area contributed by atoms with Crippen LogP contribution in [0.15, 0.2) is 53.1 Å². The Labute approximate surface area is 132 Å². The van der Waals surface area contributed by atoms with Crippen molar-refractivity contribution in [1.29, 1.82) is 0 Å². The molecule has 0 bridgehead atoms. The maximum atomic E-state index is 12.0. The molecule has 1 amide bonds. The smallest absolute Gasteiger partial charge is 0.220 e. The molecule has 22 heavy (non-hydrogen) atoms. The van der Waals surface area contributed by atoms with Crippen molar-refractivity contribution in [2.45, 2.75) is 25.3 Å². The highest BCUT2D eigenvalue weighted by Crippen LogP contribution is 2.17. The summed E-state index contributed by atoms with van der Waals surface area (Å²) >= 11 is 0. The number of hydrogen-bond acceptors (Lipinski definition) is 3. The number of furan rings is 1. The topological polar surface area (TPSA) is 45.5 Å². The number of carbonyl (C=O) groups excluding carboxylic acids is 1. The van der Waals surface area contributed by atoms with E-state index in [0.717, 1.165) is 18.6 Å². The lowest BCUT2D eigenvalue weighted by atomic mass is 10.1. The van der Waals surface area contributed by atoms with Crippen molar-refractivity contribution in [2.75, 3.05) is 20.6 Å². The highest BCUT2D eigenvalue weighted by molar-refractivity contribution is 5.75. The molecule has 1 aromatic heterocycles. The van der Waals surface area contributed by atoms with Crippen LogP contribution >= 0.6 is 0 Å². The fraction of sp³-hybridized carbons (Fsp3) is 0.389. The molecular formula is C18H24N2O2. The number of likely N-dealkylation sites (N-methyl/N-ethyl adjacent to an activating group) is 1. The van der Waals surface area contributed by atoms with Crippen LogP contribution in [0.25, 0.3) is 0 Å². The van der Waals surface area contributed by atoms with E-state index >= 15 is 0 Å². The van der Waals surface area contributed by atoms with E-state index in [4.69, 9.17) is 4.42 Å². The zero-order chi connectivity index (χ0) is 15.8. The van der Waals surface area contributed by atoms with Gasteiger partial charge in [0.25, 0.3) is 0 Å². The summed E-state index contributed by atoms with van der Waals surface area (Å²) in [5, 5.41) is 3.00. The molecule has 0 aliphatic carbocycles. The lowest BCUT2D eigenvalue weighted by Gasteiger charge is -2.22. The van der Waals surface area contributed by atoms with E-state index in [1.165, 1.54) is 5.56 Å². The predicted molar refractivity (Wildman–Crippen MR) is 87.5 cm³/mol. The van der Waals surface area contributed by atoms with Crippen molar-refractivity contribution in [1.82, 2.24) is 10.2 Å². The molecule has 0 spiro atoms. The van der Waals surface area contributed by atoms with Crippen molar-refractivity contribution in [3.8, 4) is 0 Å². The number of aryl methyl sites for hydroxylation is 1. The first-order valence-corrected chi connectivity index (χ1v) is 7.67. The summed E-state index contributed by atoms with van der Waals surface area (Å²) in [5.74, 6) is 0.962. The number of nitrogens with zero attached hydrogens (tertiary/aromatic N) is 1. The first-order chi connectivity index (χ1) is 10.7. The van der Waals surface area contributed by atoms with Crippen LogP contribution < -0.4 is 5.32 Å². The van der Waals surface area contributed by atoms with Crippen LogP contribution in [-0.2, 0) is 11.2 Å². The summed E-state index contributed by atoms with van der Waals surface area (Å²) < 4.78 is 5.44. The zero-order valence-electron chi connectivity index (χ0n) is 13.3. The van der Waals surface area contributed by atoms with Crippen LogP contribution in [0.2, 0.25) is 0 Å². The molecule has 1 atom stereocenters. The number of carbonyl (C=O) groups is 1. The van der Waals surface area contributed by atoms with Crippen LogP contribution in [0, 0.1) is 0 Å². The Morgan fingerprint density at radius 3 is 2.59 bits per heavy atom. The summed E-state index contributed by atoms with van der Waals surface area (Å²) in [7, 11) is 3.96. The van der Waals surface area contributed by atoms with E-state index in [2.05, 4.69) is 17.4 Å². The van der Waals surface area contributed by atoms with Gasteiger partial charge in [0.05, 0.1) is 12.3 Å². The van der Waals surface area contributed by atoms with Gasteiger partial charge in [-0.25, -0.2) is 0 Å². The van der Waals surface area contributed by atoms with Gasteiger partial charge in [-0.15, -0.1) is 0 Å². The molecule has 0 fully saturated rings. The normalized spacial score (nSPS) is 12.3. The van der Waals surface area contributed by atoms with Gasteiger partial charge in [-0.3, -0.25) is 9.69 Å². The van der Waals surface area contributed by atoms with Crippen LogP contribution in [0.1, 0.15) is 30.2 Å². The van der Waals surface area contributed by atoms with Gasteiger partial charge in [0, 0.05) is 13.0 Å². The third-order valence-corrected chi connectivity index (χ3v) is 3.70. The molecule has 4 nitrogen and oxygen atoms in total. The van der Waals surface area contributed by atoms with Gasteiger partial charge >= 0.3 is 0 Å². The van der Waals surface area contributed by atoms with Crippen molar-refractivity contribution >= 4 is 5.91 Å². The van der Waals surface area contributed by atoms with Gasteiger partial charge < -0.3 is 9.73 Å². The molecule has 0 saturated heterocycles. The molecule has 0 radical (unpaired) electrons. The maximum Gasteiger partial charge on any atom is 0.220 e. The molecule has 118 valence electrons. The number of rotatable bonds is 8. The second-order valence-corrected chi connectivity index (χ2v) is 5.64. The van der Waals surface area contributed by atoms with Gasteiger partial charge in [-0.05, 0) is 44.6 Å². The Morgan fingerprint density at radius 1 is 1.18 bits per heavy atom. The van der Waals surface area contributed by atoms with E-state index in [1.807, 2.05) is 49.3 Å². The second-order valence-electron chi connectivity index (χ2n) is 5.64. The largest absolute Gasteiger partial charge is 0.468 e. The Hall–Kier alpha value is -2.07. The Balaban J connectivity index is 1.72. The van der Waals surface area contributed by atoms with Gasteiger partial charge in [-0.1, -0.05) is 30.3 Å². The summed E-state index contributed by atoms with van der Waals surface area (Å²) in [4.78, 5) is 14.0. The minimum atomic E-state index is 0.0630. The summed E-state index contributed by atoms with van der Waals surface area (Å²) in [5.41, 5.74) is 1.28. The third kappa shape index (κ3) is 5.04. The third-order valence-electron chi connectivity index (χ3n) is 3.70. The van der Waals surface area contributed by atoms with Gasteiger partial charge in [-0.2, -0.15) is 0 Å². The van der Waals surface area contributed by atoms with E-state index in [9.17, 15) is 4.79 Å². The molecule has 4 heteroatoms. The fourth-order valence-corrected chi connectivity index (χ4v) is 2.42. The first kappa shape index (κ1) is 16.3. The number of amides is 1. The number of hydrogen-bond donors (Lipinski definition) is 1. The maximum absolute atomic E-state index is 12.0. The Morgan fingerprint density at radius 2 is 1.95 bits per heavy atom. The molecule has 0 aliphatic rings. The Bertz CT molecular complexity index is 550. The van der Waals surface area contributed by atoms with E-state index in [-0.39, 0.29) is 11.9 Å². The van der Waals surface area contributed by atoms with Gasteiger partial charge in [0.1, 0.15) is 5.76 Å². The summed E-state index contributed by atoms with van der Waals surface area (Å²) in [6.45, 7) is 0.560. The molecular weight excluding hydrogens is 276 g/mol. The van der Waals surface area contributed by atoms with E-state index in [0.29, 0.717) is 13.0 Å². The molecule has 0 unspecified atom stereocenters. The summed E-state index contributed by atoms with van der Waals surface area (Å²) in [6, 6.07) is 14.1. The molecule has 1 N–H and O–H groups in total. The van der Waals surface area contributed by atoms with Crippen LogP contribution in [-0.4, -0.2) is 31.4 Å². The van der Waals surface area contributed by atoms with Gasteiger partial charge in [0.2, 0.25) is 5.91 Å². The highest BCUT2D eigenvalue weighted by Gasteiger charge is 2.17. The van der Waals surface area contributed by atoms with E-state index in [1.54, 1.807) is 6.26 Å². The van der Waals surface area contributed by atoms with Crippen molar-refractivity contribution in [3.05, 3.63) is 60.1 Å². The fourth-order valence-electron chi connectivity index (χ4n) is 2.42. The molecule has 0 saturated carbocycles. The molecule has 0 aliphatic heterocycles. The van der Waals surface area contributed by atoms with Crippen LogP contribution in [0.4, 0.5) is 0 Å². The molecule has 2 rings (SSSR count). The van der Waals surface area contributed by atoms with Crippen LogP contribution in [0.5, 0.6) is 0 Å². The minimum absolute atomic E-state index is 0.0630. The lowest BCUT2D eigenvalue weighted by Crippen LogP contribution is -2.34. The van der Waals surface area contributed by atoms with Crippen molar-refractivity contribution in [3.63, 3.8) is 0 Å². The average molecular weight is 300 g/mol.